The minimum atomic E-state index is 0.307. The molecule has 29 heavy (non-hydrogen) atoms. The van der Waals surface area contributed by atoms with Gasteiger partial charge in [0.25, 0.3) is 0 Å². The largest absolute Gasteiger partial charge is 0.508 e. The van der Waals surface area contributed by atoms with Crippen molar-refractivity contribution in [3.05, 3.63) is 53.6 Å². The molecule has 0 radical (unpaired) electrons. The minimum absolute atomic E-state index is 0.307. The van der Waals surface area contributed by atoms with Crippen LogP contribution < -0.4 is 0 Å². The number of nitrogens with zero attached hydrogens (tertiary/aromatic N) is 2. The van der Waals surface area contributed by atoms with Crippen LogP contribution in [0, 0.1) is 6.92 Å². The van der Waals surface area contributed by atoms with E-state index in [2.05, 4.69) is 42.0 Å². The average Bonchev–Trinajstić information content (AvgIpc) is 3.36. The molecule has 1 saturated carbocycles. The maximum absolute atomic E-state index is 9.84. The van der Waals surface area contributed by atoms with Gasteiger partial charge in [-0.05, 0) is 56.4 Å². The Morgan fingerprint density at radius 2 is 1.97 bits per heavy atom. The number of aryl methyl sites for hydroxylation is 1. The van der Waals surface area contributed by atoms with Crippen LogP contribution in [0.1, 0.15) is 75.5 Å². The highest BCUT2D eigenvalue weighted by Gasteiger charge is 2.23. The van der Waals surface area contributed by atoms with Gasteiger partial charge in [-0.15, -0.1) is 0 Å². The Balaban J connectivity index is 1.82. The van der Waals surface area contributed by atoms with Crippen molar-refractivity contribution in [3.8, 4) is 17.0 Å². The number of aromatic hydroxyl groups is 1. The fraction of sp³-hybridized carbons (Fsp3) is 0.423. The molecule has 0 unspecified atom stereocenters. The molecule has 152 valence electrons. The molecule has 3 aromatic rings. The number of unbranched alkanes of at least 4 members (excludes halogenated alkanes) is 3. The fourth-order valence-electron chi connectivity index (χ4n) is 4.60. The van der Waals surface area contributed by atoms with Crippen LogP contribution in [0.25, 0.3) is 28.2 Å². The second kappa shape index (κ2) is 8.86. The van der Waals surface area contributed by atoms with Crippen LogP contribution in [0.15, 0.2) is 42.5 Å². The van der Waals surface area contributed by atoms with E-state index >= 15 is 0 Å². The maximum atomic E-state index is 9.84. The number of allylic oxidation sites excluding steroid dienone is 1. The second-order valence-corrected chi connectivity index (χ2v) is 8.37. The molecule has 1 fully saturated rings. The first-order valence-electron chi connectivity index (χ1n) is 11.2. The first kappa shape index (κ1) is 19.8. The lowest BCUT2D eigenvalue weighted by Crippen LogP contribution is -2.07. The van der Waals surface area contributed by atoms with E-state index in [1.165, 1.54) is 61.4 Å². The van der Waals surface area contributed by atoms with Gasteiger partial charge < -0.3 is 5.11 Å². The molecule has 1 aliphatic carbocycles. The molecule has 4 rings (SSSR count). The molecule has 0 amide bonds. The third-order valence-corrected chi connectivity index (χ3v) is 6.17. The Morgan fingerprint density at radius 1 is 1.14 bits per heavy atom. The Kier molecular flexibility index (Phi) is 6.03. The predicted molar refractivity (Wildman–Crippen MR) is 122 cm³/mol. The van der Waals surface area contributed by atoms with E-state index in [1.54, 1.807) is 6.07 Å². The number of fused-ring (bicyclic) bond motifs is 1. The summed E-state index contributed by atoms with van der Waals surface area (Å²) < 4.78 is 2.30. The summed E-state index contributed by atoms with van der Waals surface area (Å²) in [7, 11) is 0. The van der Waals surface area contributed by atoms with E-state index in [4.69, 9.17) is 5.10 Å². The van der Waals surface area contributed by atoms with Crippen molar-refractivity contribution in [2.45, 2.75) is 71.3 Å². The van der Waals surface area contributed by atoms with Gasteiger partial charge in [-0.3, -0.25) is 4.68 Å². The van der Waals surface area contributed by atoms with Gasteiger partial charge in [0.15, 0.2) is 0 Å². The molecule has 0 spiro atoms. The van der Waals surface area contributed by atoms with Crippen molar-refractivity contribution >= 4 is 17.0 Å². The maximum Gasteiger partial charge on any atom is 0.115 e. The standard InChI is InChI=1S/C26H32N2O/c1-3-4-5-6-7-11-20-12-10-15-24-25(23-17-16-22(29)18-19(23)2)27-28(26(20)24)21-13-8-9-14-21/h7,10-12,15-18,21,29H,3-6,8-9,13-14H2,1-2H3/b11-7+. The second-order valence-electron chi connectivity index (χ2n) is 8.37. The SMILES string of the molecule is CCCCC/C=C/c1cccc2c(-c3ccc(O)cc3C)nn(C3CCCC3)c12. The number of rotatable bonds is 7. The van der Waals surface area contributed by atoms with Crippen LogP contribution in [0.2, 0.25) is 0 Å². The smallest absolute Gasteiger partial charge is 0.115 e. The molecule has 1 aromatic heterocycles. The fourth-order valence-corrected chi connectivity index (χ4v) is 4.60. The monoisotopic (exact) mass is 388 g/mol. The predicted octanol–water partition coefficient (Wildman–Crippen LogP) is 7.43. The molecule has 3 heteroatoms. The van der Waals surface area contributed by atoms with Gasteiger partial charge >= 0.3 is 0 Å². The zero-order valence-electron chi connectivity index (χ0n) is 17.7. The van der Waals surface area contributed by atoms with E-state index in [0.29, 0.717) is 11.8 Å². The summed E-state index contributed by atoms with van der Waals surface area (Å²) in [6.45, 7) is 4.30. The van der Waals surface area contributed by atoms with Crippen molar-refractivity contribution < 1.29 is 5.11 Å². The number of hydrogen-bond acceptors (Lipinski definition) is 2. The summed E-state index contributed by atoms with van der Waals surface area (Å²) in [5.74, 6) is 0.307. The van der Waals surface area contributed by atoms with Crippen molar-refractivity contribution in [3.63, 3.8) is 0 Å². The van der Waals surface area contributed by atoms with Crippen LogP contribution in [0.3, 0.4) is 0 Å². The van der Waals surface area contributed by atoms with E-state index in [0.717, 1.165) is 23.2 Å². The van der Waals surface area contributed by atoms with E-state index in [-0.39, 0.29) is 0 Å². The lowest BCUT2D eigenvalue weighted by Gasteiger charge is -2.12. The molecule has 1 heterocycles. The quantitative estimate of drug-likeness (QED) is 0.427. The van der Waals surface area contributed by atoms with E-state index in [1.807, 2.05) is 19.1 Å². The number of para-hydroxylation sites is 1. The lowest BCUT2D eigenvalue weighted by molar-refractivity contribution is 0.475. The highest BCUT2D eigenvalue weighted by atomic mass is 16.3. The highest BCUT2D eigenvalue weighted by molar-refractivity contribution is 5.98. The molecular formula is C26H32N2O. The third kappa shape index (κ3) is 4.10. The first-order valence-corrected chi connectivity index (χ1v) is 11.2. The molecule has 0 bridgehead atoms. The van der Waals surface area contributed by atoms with Crippen LogP contribution in [0.4, 0.5) is 0 Å². The summed E-state index contributed by atoms with van der Waals surface area (Å²) in [6, 6.07) is 12.6. The van der Waals surface area contributed by atoms with E-state index in [9.17, 15) is 5.11 Å². The van der Waals surface area contributed by atoms with Gasteiger partial charge in [-0.1, -0.05) is 63.0 Å². The normalized spacial score (nSPS) is 15.1. The van der Waals surface area contributed by atoms with Crippen molar-refractivity contribution in [2.24, 2.45) is 0 Å². The van der Waals surface area contributed by atoms with Gasteiger partial charge in [0.05, 0.1) is 11.6 Å². The third-order valence-electron chi connectivity index (χ3n) is 6.17. The van der Waals surface area contributed by atoms with Gasteiger partial charge in [0.2, 0.25) is 0 Å². The van der Waals surface area contributed by atoms with Crippen LogP contribution in [-0.4, -0.2) is 14.9 Å². The summed E-state index contributed by atoms with van der Waals surface area (Å²) >= 11 is 0. The van der Waals surface area contributed by atoms with Crippen molar-refractivity contribution in [2.75, 3.05) is 0 Å². The zero-order valence-corrected chi connectivity index (χ0v) is 17.7. The number of benzene rings is 2. The molecule has 0 aliphatic heterocycles. The summed E-state index contributed by atoms with van der Waals surface area (Å²) in [4.78, 5) is 0. The van der Waals surface area contributed by atoms with Crippen LogP contribution in [-0.2, 0) is 0 Å². The average molecular weight is 389 g/mol. The topological polar surface area (TPSA) is 38.1 Å². The van der Waals surface area contributed by atoms with Crippen molar-refractivity contribution in [1.82, 2.24) is 9.78 Å². The highest BCUT2D eigenvalue weighted by Crippen LogP contribution is 2.38. The summed E-state index contributed by atoms with van der Waals surface area (Å²) in [5, 5.41) is 16.2. The zero-order chi connectivity index (χ0) is 20.2. The van der Waals surface area contributed by atoms with Crippen molar-refractivity contribution in [1.29, 1.82) is 0 Å². The molecular weight excluding hydrogens is 356 g/mol. The number of aromatic nitrogens is 2. The van der Waals surface area contributed by atoms with Gasteiger partial charge in [-0.25, -0.2) is 0 Å². The number of phenols is 1. The Hall–Kier alpha value is -2.55. The molecule has 2 aromatic carbocycles. The van der Waals surface area contributed by atoms with Crippen LogP contribution in [0.5, 0.6) is 5.75 Å². The number of phenolic OH excluding ortho intramolecular Hbond substituents is 1. The molecule has 1 aliphatic rings. The summed E-state index contributed by atoms with van der Waals surface area (Å²) in [6.07, 6.45) is 14.5. The molecule has 3 nitrogen and oxygen atoms in total. The minimum Gasteiger partial charge on any atom is -0.508 e. The first-order chi connectivity index (χ1) is 14.2. The van der Waals surface area contributed by atoms with Gasteiger partial charge in [-0.2, -0.15) is 5.10 Å². The Bertz CT molecular complexity index is 1010. The van der Waals surface area contributed by atoms with Gasteiger partial charge in [0.1, 0.15) is 11.4 Å². The Morgan fingerprint density at radius 3 is 2.72 bits per heavy atom. The van der Waals surface area contributed by atoms with Crippen LogP contribution >= 0.6 is 0 Å². The van der Waals surface area contributed by atoms with E-state index < -0.39 is 0 Å². The number of hydrogen-bond donors (Lipinski definition) is 1. The molecule has 0 atom stereocenters. The molecule has 0 saturated heterocycles. The lowest BCUT2D eigenvalue weighted by atomic mass is 10.0. The Labute approximate surface area is 174 Å². The van der Waals surface area contributed by atoms with Gasteiger partial charge in [0, 0.05) is 16.5 Å². The molecule has 1 N–H and O–H groups in total. The summed E-state index contributed by atoms with van der Waals surface area (Å²) in [5.41, 5.74) is 5.72.